The van der Waals surface area contributed by atoms with Crippen molar-refractivity contribution in [1.82, 2.24) is 9.55 Å². The Morgan fingerprint density at radius 3 is 2.83 bits per heavy atom. The van der Waals surface area contributed by atoms with Gasteiger partial charge in [-0.15, -0.1) is 0 Å². The number of carbonyl (C=O) groups excluding carboxylic acids is 1. The summed E-state index contributed by atoms with van der Waals surface area (Å²) in [4.78, 5) is 26.2. The van der Waals surface area contributed by atoms with Crippen LogP contribution in [0.3, 0.4) is 0 Å². The molecular formula is C12H13N3O2S. The summed E-state index contributed by atoms with van der Waals surface area (Å²) in [5.41, 5.74) is 5.63. The highest BCUT2D eigenvalue weighted by molar-refractivity contribution is 7.71. The minimum absolute atomic E-state index is 0.0791. The van der Waals surface area contributed by atoms with Gasteiger partial charge in [-0.05, 0) is 31.3 Å². The van der Waals surface area contributed by atoms with Crippen LogP contribution >= 0.6 is 12.2 Å². The molecular weight excluding hydrogens is 250 g/mol. The number of carbonyl (C=O) groups is 1. The Balaban J connectivity index is 2.68. The molecule has 1 aromatic heterocycles. The molecule has 0 radical (unpaired) electrons. The van der Waals surface area contributed by atoms with Crippen LogP contribution in [0.1, 0.15) is 19.4 Å². The molecule has 1 atom stereocenters. The maximum Gasteiger partial charge on any atom is 0.262 e. The fourth-order valence-corrected chi connectivity index (χ4v) is 2.33. The van der Waals surface area contributed by atoms with E-state index in [1.165, 1.54) is 4.57 Å². The quantitative estimate of drug-likeness (QED) is 0.823. The summed E-state index contributed by atoms with van der Waals surface area (Å²) in [5, 5.41) is 0.544. The zero-order valence-corrected chi connectivity index (χ0v) is 10.7. The Kier molecular flexibility index (Phi) is 3.29. The van der Waals surface area contributed by atoms with E-state index in [4.69, 9.17) is 18.0 Å². The number of nitrogens with one attached hydrogen (secondary N) is 1. The van der Waals surface area contributed by atoms with Gasteiger partial charge in [0.25, 0.3) is 5.56 Å². The average molecular weight is 263 g/mol. The summed E-state index contributed by atoms with van der Waals surface area (Å²) in [5.74, 6) is -0.461. The van der Waals surface area contributed by atoms with Gasteiger partial charge in [0.05, 0.1) is 10.9 Å². The molecule has 94 valence electrons. The number of hydrogen-bond donors (Lipinski definition) is 2. The summed E-state index contributed by atoms with van der Waals surface area (Å²) in [6.45, 7) is 1.74. The first kappa shape index (κ1) is 12.5. The molecule has 1 heterocycles. The SMILES string of the molecule is CC(CC(N)=O)n1c(=S)[nH]c2ccccc2c1=O. The number of hydrogen-bond acceptors (Lipinski definition) is 3. The Morgan fingerprint density at radius 1 is 1.50 bits per heavy atom. The third kappa shape index (κ3) is 2.19. The van der Waals surface area contributed by atoms with Crippen molar-refractivity contribution in [3.8, 4) is 0 Å². The fourth-order valence-electron chi connectivity index (χ4n) is 1.96. The second kappa shape index (κ2) is 4.73. The van der Waals surface area contributed by atoms with Gasteiger partial charge in [-0.1, -0.05) is 12.1 Å². The van der Waals surface area contributed by atoms with E-state index in [0.717, 1.165) is 0 Å². The van der Waals surface area contributed by atoms with Gasteiger partial charge in [0.2, 0.25) is 5.91 Å². The topological polar surface area (TPSA) is 80.9 Å². The zero-order chi connectivity index (χ0) is 13.3. The van der Waals surface area contributed by atoms with Crippen LogP contribution in [0, 0.1) is 4.77 Å². The normalized spacial score (nSPS) is 12.5. The van der Waals surface area contributed by atoms with E-state index in [2.05, 4.69) is 4.98 Å². The second-order valence-corrected chi connectivity index (χ2v) is 4.56. The Hall–Kier alpha value is -1.95. The van der Waals surface area contributed by atoms with Crippen molar-refractivity contribution in [2.45, 2.75) is 19.4 Å². The highest BCUT2D eigenvalue weighted by Crippen LogP contribution is 2.11. The number of fused-ring (bicyclic) bond motifs is 1. The molecule has 18 heavy (non-hydrogen) atoms. The second-order valence-electron chi connectivity index (χ2n) is 4.17. The number of para-hydroxylation sites is 1. The molecule has 0 bridgehead atoms. The van der Waals surface area contributed by atoms with E-state index < -0.39 is 5.91 Å². The first-order valence-electron chi connectivity index (χ1n) is 5.52. The summed E-state index contributed by atoms with van der Waals surface area (Å²) >= 11 is 5.15. The number of H-pyrrole nitrogens is 1. The van der Waals surface area contributed by atoms with Crippen molar-refractivity contribution in [2.24, 2.45) is 5.73 Å². The molecule has 2 rings (SSSR count). The van der Waals surface area contributed by atoms with Gasteiger partial charge >= 0.3 is 0 Å². The van der Waals surface area contributed by atoms with Crippen LogP contribution in [0.25, 0.3) is 10.9 Å². The lowest BCUT2D eigenvalue weighted by Crippen LogP contribution is -2.28. The molecule has 0 saturated carbocycles. The maximum atomic E-state index is 12.3. The lowest BCUT2D eigenvalue weighted by molar-refractivity contribution is -0.118. The Bertz CT molecular complexity index is 717. The van der Waals surface area contributed by atoms with Crippen molar-refractivity contribution in [3.05, 3.63) is 39.4 Å². The molecule has 6 heteroatoms. The number of rotatable bonds is 3. The molecule has 0 fully saturated rings. The van der Waals surface area contributed by atoms with Gasteiger partial charge in [0, 0.05) is 12.5 Å². The molecule has 1 unspecified atom stereocenters. The van der Waals surface area contributed by atoms with Crippen LogP contribution in [-0.4, -0.2) is 15.5 Å². The predicted octanol–water partition coefficient (Wildman–Crippen LogP) is 1.50. The molecule has 0 aliphatic rings. The fraction of sp³-hybridized carbons (Fsp3) is 0.250. The van der Waals surface area contributed by atoms with Crippen LogP contribution < -0.4 is 11.3 Å². The van der Waals surface area contributed by atoms with Crippen LogP contribution in [0.4, 0.5) is 0 Å². The first-order valence-corrected chi connectivity index (χ1v) is 5.93. The highest BCUT2D eigenvalue weighted by Gasteiger charge is 2.13. The molecule has 0 saturated heterocycles. The third-order valence-corrected chi connectivity index (χ3v) is 3.07. The van der Waals surface area contributed by atoms with Crippen molar-refractivity contribution in [3.63, 3.8) is 0 Å². The molecule has 0 spiro atoms. The maximum absolute atomic E-state index is 12.3. The Labute approximate surface area is 108 Å². The number of primary amides is 1. The van der Waals surface area contributed by atoms with Gasteiger partial charge in [-0.3, -0.25) is 14.2 Å². The van der Waals surface area contributed by atoms with Gasteiger partial charge in [-0.2, -0.15) is 0 Å². The smallest absolute Gasteiger partial charge is 0.262 e. The molecule has 0 aliphatic heterocycles. The van der Waals surface area contributed by atoms with E-state index in [1.54, 1.807) is 25.1 Å². The first-order chi connectivity index (χ1) is 8.50. The highest BCUT2D eigenvalue weighted by atomic mass is 32.1. The van der Waals surface area contributed by atoms with E-state index in [1.807, 2.05) is 6.07 Å². The minimum atomic E-state index is -0.461. The lowest BCUT2D eigenvalue weighted by atomic mass is 10.2. The molecule has 1 aromatic carbocycles. The van der Waals surface area contributed by atoms with Gasteiger partial charge in [-0.25, -0.2) is 0 Å². The van der Waals surface area contributed by atoms with E-state index >= 15 is 0 Å². The largest absolute Gasteiger partial charge is 0.370 e. The number of aromatic amines is 1. The number of amides is 1. The summed E-state index contributed by atoms with van der Waals surface area (Å²) in [6.07, 6.45) is 0.0791. The van der Waals surface area contributed by atoms with Gasteiger partial charge < -0.3 is 10.7 Å². The van der Waals surface area contributed by atoms with Gasteiger partial charge in [0.15, 0.2) is 4.77 Å². The predicted molar refractivity (Wildman–Crippen MR) is 71.9 cm³/mol. The van der Waals surface area contributed by atoms with Gasteiger partial charge in [0.1, 0.15) is 0 Å². The van der Waals surface area contributed by atoms with Crippen LogP contribution in [0.5, 0.6) is 0 Å². The zero-order valence-electron chi connectivity index (χ0n) is 9.84. The van der Waals surface area contributed by atoms with Crippen molar-refractivity contribution >= 4 is 29.0 Å². The molecule has 2 aromatic rings. The standard InChI is InChI=1S/C12H13N3O2S/c1-7(6-10(13)16)15-11(17)8-4-2-3-5-9(8)14-12(15)18/h2-5,7H,6H2,1H3,(H2,13,16)(H,14,18). The van der Waals surface area contributed by atoms with E-state index in [9.17, 15) is 9.59 Å². The molecule has 0 aliphatic carbocycles. The van der Waals surface area contributed by atoms with E-state index in [0.29, 0.717) is 15.7 Å². The lowest BCUT2D eigenvalue weighted by Gasteiger charge is -2.14. The van der Waals surface area contributed by atoms with Crippen molar-refractivity contribution < 1.29 is 4.79 Å². The number of nitrogens with zero attached hydrogens (tertiary/aromatic N) is 1. The van der Waals surface area contributed by atoms with E-state index in [-0.39, 0.29) is 18.0 Å². The third-order valence-electron chi connectivity index (χ3n) is 2.77. The monoisotopic (exact) mass is 263 g/mol. The number of aromatic nitrogens is 2. The van der Waals surface area contributed by atoms with Crippen LogP contribution in [0.15, 0.2) is 29.1 Å². The van der Waals surface area contributed by atoms with Crippen molar-refractivity contribution in [2.75, 3.05) is 0 Å². The molecule has 3 N–H and O–H groups in total. The number of nitrogens with two attached hydrogens (primary N) is 1. The molecule has 1 amide bonds. The molecule has 5 nitrogen and oxygen atoms in total. The minimum Gasteiger partial charge on any atom is -0.370 e. The van der Waals surface area contributed by atoms with Crippen molar-refractivity contribution in [1.29, 1.82) is 0 Å². The summed E-state index contributed by atoms with van der Waals surface area (Å²) in [7, 11) is 0. The van der Waals surface area contributed by atoms with Crippen LogP contribution in [0.2, 0.25) is 0 Å². The number of benzene rings is 1. The van der Waals surface area contributed by atoms with Crippen LogP contribution in [-0.2, 0) is 4.79 Å². The Morgan fingerprint density at radius 2 is 2.17 bits per heavy atom. The summed E-state index contributed by atoms with van der Waals surface area (Å²) in [6, 6.07) is 6.75. The average Bonchev–Trinajstić information content (AvgIpc) is 2.27. The summed E-state index contributed by atoms with van der Waals surface area (Å²) < 4.78 is 1.69.